The molecule has 140 valence electrons. The molecule has 0 spiro atoms. The molecule has 1 fully saturated rings. The molecule has 1 saturated heterocycles. The van der Waals surface area contributed by atoms with Crippen LogP contribution >= 0.6 is 0 Å². The Morgan fingerprint density at radius 3 is 2.80 bits per heavy atom. The van der Waals surface area contributed by atoms with Crippen molar-refractivity contribution in [2.75, 3.05) is 33.9 Å². The monoisotopic (exact) mass is 349 g/mol. The van der Waals surface area contributed by atoms with Crippen molar-refractivity contribution in [1.29, 1.82) is 0 Å². The normalized spacial score (nSPS) is 20.4. The predicted octanol–water partition coefficient (Wildman–Crippen LogP) is 2.72. The third-order valence-corrected chi connectivity index (χ3v) is 4.30. The van der Waals surface area contributed by atoms with Crippen molar-refractivity contribution in [3.05, 3.63) is 23.8 Å². The molecular weight excluding hydrogens is 318 g/mol. The lowest BCUT2D eigenvalue weighted by atomic mass is 10.0. The van der Waals surface area contributed by atoms with E-state index < -0.39 is 0 Å². The van der Waals surface area contributed by atoms with Crippen molar-refractivity contribution in [2.45, 2.75) is 45.3 Å². The van der Waals surface area contributed by atoms with E-state index >= 15 is 0 Å². The van der Waals surface area contributed by atoms with Crippen molar-refractivity contribution < 1.29 is 14.2 Å². The summed E-state index contributed by atoms with van der Waals surface area (Å²) in [5, 5.41) is 6.68. The zero-order valence-electron chi connectivity index (χ0n) is 15.9. The summed E-state index contributed by atoms with van der Waals surface area (Å²) in [5.74, 6) is 2.30. The van der Waals surface area contributed by atoms with E-state index in [9.17, 15) is 0 Å². The average Bonchev–Trinajstić information content (AvgIpc) is 3.07. The number of ether oxygens (including phenoxy) is 3. The molecule has 1 unspecified atom stereocenters. The minimum Gasteiger partial charge on any atom is -0.493 e. The van der Waals surface area contributed by atoms with Crippen LogP contribution in [0.4, 0.5) is 0 Å². The maximum absolute atomic E-state index is 5.80. The van der Waals surface area contributed by atoms with Crippen LogP contribution < -0.4 is 20.1 Å². The Labute approximate surface area is 151 Å². The molecule has 0 bridgehead atoms. The first kappa shape index (κ1) is 19.4. The third kappa shape index (κ3) is 5.81. The molecule has 1 heterocycles. The summed E-state index contributed by atoms with van der Waals surface area (Å²) >= 11 is 0. The van der Waals surface area contributed by atoms with Crippen LogP contribution in [0.3, 0.4) is 0 Å². The van der Waals surface area contributed by atoms with E-state index in [1.807, 2.05) is 18.2 Å². The first-order chi connectivity index (χ1) is 12.1. The highest BCUT2D eigenvalue weighted by Crippen LogP contribution is 2.28. The largest absolute Gasteiger partial charge is 0.493 e. The number of hydrogen-bond acceptors (Lipinski definition) is 4. The topological polar surface area (TPSA) is 64.1 Å². The zero-order chi connectivity index (χ0) is 18.1. The summed E-state index contributed by atoms with van der Waals surface area (Å²) in [6, 6.07) is 5.98. The zero-order valence-corrected chi connectivity index (χ0v) is 15.9. The van der Waals surface area contributed by atoms with E-state index in [2.05, 4.69) is 29.5 Å². The fraction of sp³-hybridized carbons (Fsp3) is 0.632. The maximum atomic E-state index is 5.80. The molecule has 0 saturated carbocycles. The summed E-state index contributed by atoms with van der Waals surface area (Å²) in [5.41, 5.74) is 1.01. The maximum Gasteiger partial charge on any atom is 0.191 e. The molecule has 0 radical (unpaired) electrons. The predicted molar refractivity (Wildman–Crippen MR) is 101 cm³/mol. The third-order valence-electron chi connectivity index (χ3n) is 4.30. The number of methoxy groups -OCH3 is 1. The van der Waals surface area contributed by atoms with Gasteiger partial charge in [-0.15, -0.1) is 0 Å². The Morgan fingerprint density at radius 2 is 2.16 bits per heavy atom. The van der Waals surface area contributed by atoms with Gasteiger partial charge in [0.05, 0.1) is 19.3 Å². The first-order valence-electron chi connectivity index (χ1n) is 8.98. The standard InChI is InChI=1S/C19H31N3O3/c1-5-10-24-16-8-7-15(12-17(16)23-4)13-21-18(20-3)22-14-19(2)9-6-11-25-19/h7-8,12H,5-6,9-11,13-14H2,1-4H3,(H2,20,21,22). The molecule has 1 aliphatic heterocycles. The van der Waals surface area contributed by atoms with E-state index in [-0.39, 0.29) is 5.60 Å². The highest BCUT2D eigenvalue weighted by atomic mass is 16.5. The van der Waals surface area contributed by atoms with Gasteiger partial charge in [0.25, 0.3) is 0 Å². The van der Waals surface area contributed by atoms with Gasteiger partial charge in [-0.25, -0.2) is 0 Å². The SMILES string of the molecule is CCCOc1ccc(CNC(=NC)NCC2(C)CCCO2)cc1OC. The second kappa shape index (κ2) is 9.51. The fourth-order valence-corrected chi connectivity index (χ4v) is 2.81. The quantitative estimate of drug-likeness (QED) is 0.558. The highest BCUT2D eigenvalue weighted by molar-refractivity contribution is 5.79. The summed E-state index contributed by atoms with van der Waals surface area (Å²) in [6.45, 7) is 7.16. The summed E-state index contributed by atoms with van der Waals surface area (Å²) in [6.07, 6.45) is 3.17. The van der Waals surface area contributed by atoms with Crippen molar-refractivity contribution in [3.63, 3.8) is 0 Å². The van der Waals surface area contributed by atoms with Gasteiger partial charge in [0.15, 0.2) is 17.5 Å². The van der Waals surface area contributed by atoms with Gasteiger partial charge in [-0.1, -0.05) is 13.0 Å². The Bertz CT molecular complexity index is 569. The van der Waals surface area contributed by atoms with E-state index in [1.165, 1.54) is 0 Å². The Hall–Kier alpha value is -1.95. The number of hydrogen-bond donors (Lipinski definition) is 2. The van der Waals surface area contributed by atoms with Gasteiger partial charge in [-0.2, -0.15) is 0 Å². The molecule has 1 atom stereocenters. The van der Waals surface area contributed by atoms with Crippen LogP contribution in [0.15, 0.2) is 23.2 Å². The smallest absolute Gasteiger partial charge is 0.191 e. The van der Waals surface area contributed by atoms with Crippen LogP contribution in [0, 0.1) is 0 Å². The van der Waals surface area contributed by atoms with Gasteiger partial charge in [0.1, 0.15) is 0 Å². The average molecular weight is 349 g/mol. The highest BCUT2D eigenvalue weighted by Gasteiger charge is 2.29. The molecule has 0 aliphatic carbocycles. The van der Waals surface area contributed by atoms with Gasteiger partial charge >= 0.3 is 0 Å². The Morgan fingerprint density at radius 1 is 1.32 bits per heavy atom. The van der Waals surface area contributed by atoms with Gasteiger partial charge in [-0.3, -0.25) is 4.99 Å². The van der Waals surface area contributed by atoms with Gasteiger partial charge in [0, 0.05) is 26.7 Å². The van der Waals surface area contributed by atoms with Crippen molar-refractivity contribution >= 4 is 5.96 Å². The van der Waals surface area contributed by atoms with Crippen LogP contribution in [0.2, 0.25) is 0 Å². The van der Waals surface area contributed by atoms with E-state index in [4.69, 9.17) is 14.2 Å². The van der Waals surface area contributed by atoms with E-state index in [0.717, 1.165) is 55.4 Å². The molecular formula is C19H31N3O3. The summed E-state index contributed by atoms with van der Waals surface area (Å²) < 4.78 is 16.9. The fourth-order valence-electron chi connectivity index (χ4n) is 2.81. The molecule has 6 heteroatoms. The second-order valence-electron chi connectivity index (χ2n) is 6.51. The van der Waals surface area contributed by atoms with Crippen molar-refractivity contribution in [2.24, 2.45) is 4.99 Å². The second-order valence-corrected chi connectivity index (χ2v) is 6.51. The van der Waals surface area contributed by atoms with Crippen molar-refractivity contribution in [1.82, 2.24) is 10.6 Å². The van der Waals surface area contributed by atoms with Crippen LogP contribution in [0.1, 0.15) is 38.7 Å². The summed E-state index contributed by atoms with van der Waals surface area (Å²) in [4.78, 5) is 4.28. The van der Waals surface area contributed by atoms with Gasteiger partial charge in [-0.05, 0) is 43.9 Å². The lowest BCUT2D eigenvalue weighted by Gasteiger charge is -2.24. The van der Waals surface area contributed by atoms with Crippen LogP contribution in [-0.4, -0.2) is 45.5 Å². The number of aliphatic imine (C=N–C) groups is 1. The van der Waals surface area contributed by atoms with Crippen molar-refractivity contribution in [3.8, 4) is 11.5 Å². The van der Waals surface area contributed by atoms with E-state index in [0.29, 0.717) is 13.2 Å². The molecule has 6 nitrogen and oxygen atoms in total. The molecule has 0 amide bonds. The lowest BCUT2D eigenvalue weighted by Crippen LogP contribution is -2.45. The minimum absolute atomic E-state index is 0.0981. The minimum atomic E-state index is -0.0981. The van der Waals surface area contributed by atoms with Crippen LogP contribution in [-0.2, 0) is 11.3 Å². The molecule has 25 heavy (non-hydrogen) atoms. The Kier molecular flexibility index (Phi) is 7.37. The van der Waals surface area contributed by atoms with Crippen LogP contribution in [0.25, 0.3) is 0 Å². The number of nitrogens with zero attached hydrogens (tertiary/aromatic N) is 1. The molecule has 0 aromatic heterocycles. The Balaban J connectivity index is 1.88. The number of guanidine groups is 1. The number of benzene rings is 1. The molecule has 1 aliphatic rings. The number of rotatable bonds is 8. The molecule has 1 aromatic carbocycles. The molecule has 2 rings (SSSR count). The first-order valence-corrected chi connectivity index (χ1v) is 8.98. The molecule has 2 N–H and O–H groups in total. The van der Waals surface area contributed by atoms with Crippen LogP contribution in [0.5, 0.6) is 11.5 Å². The van der Waals surface area contributed by atoms with Gasteiger partial charge < -0.3 is 24.8 Å². The van der Waals surface area contributed by atoms with Gasteiger partial charge in [0.2, 0.25) is 0 Å². The molecule has 1 aromatic rings. The summed E-state index contributed by atoms with van der Waals surface area (Å²) in [7, 11) is 3.43. The number of nitrogens with one attached hydrogen (secondary N) is 2. The van der Waals surface area contributed by atoms with E-state index in [1.54, 1.807) is 14.2 Å². The lowest BCUT2D eigenvalue weighted by molar-refractivity contribution is 0.0243.